The van der Waals surface area contributed by atoms with E-state index in [-0.39, 0.29) is 25.0 Å². The molecule has 3 rings (SSSR count). The molecule has 0 spiro atoms. The SMILES string of the molecule is O=C(COC(=O)CNC(=O)c1ccc2ccccc2c1)NCCC1=CCCCC1. The fraction of sp³-hybridized carbons (Fsp3) is 0.348. The van der Waals surface area contributed by atoms with E-state index in [1.165, 1.54) is 18.4 Å². The summed E-state index contributed by atoms with van der Waals surface area (Å²) in [7, 11) is 0. The summed E-state index contributed by atoms with van der Waals surface area (Å²) in [4.78, 5) is 35.8. The van der Waals surface area contributed by atoms with Gasteiger partial charge in [-0.2, -0.15) is 0 Å². The highest BCUT2D eigenvalue weighted by Crippen LogP contribution is 2.19. The zero-order chi connectivity index (χ0) is 20.5. The van der Waals surface area contributed by atoms with Crippen LogP contribution in [-0.2, 0) is 14.3 Å². The van der Waals surface area contributed by atoms with Crippen molar-refractivity contribution in [3.8, 4) is 0 Å². The minimum Gasteiger partial charge on any atom is -0.454 e. The molecule has 0 aromatic heterocycles. The number of esters is 1. The van der Waals surface area contributed by atoms with Crippen LogP contribution in [0, 0.1) is 0 Å². The Morgan fingerprint density at radius 1 is 0.966 bits per heavy atom. The van der Waals surface area contributed by atoms with Gasteiger partial charge in [0, 0.05) is 12.1 Å². The van der Waals surface area contributed by atoms with Gasteiger partial charge >= 0.3 is 5.97 Å². The fourth-order valence-corrected chi connectivity index (χ4v) is 3.33. The third-order valence-corrected chi connectivity index (χ3v) is 4.92. The van der Waals surface area contributed by atoms with Crippen molar-refractivity contribution in [2.24, 2.45) is 0 Å². The first-order chi connectivity index (χ1) is 14.1. The molecule has 0 saturated carbocycles. The van der Waals surface area contributed by atoms with Gasteiger partial charge in [0.15, 0.2) is 6.61 Å². The van der Waals surface area contributed by atoms with E-state index in [4.69, 9.17) is 4.74 Å². The molecular formula is C23H26N2O4. The van der Waals surface area contributed by atoms with E-state index in [1.54, 1.807) is 12.1 Å². The highest BCUT2D eigenvalue weighted by molar-refractivity contribution is 5.99. The minimum atomic E-state index is -0.649. The van der Waals surface area contributed by atoms with E-state index >= 15 is 0 Å². The molecule has 6 nitrogen and oxygen atoms in total. The summed E-state index contributed by atoms with van der Waals surface area (Å²) in [5.74, 6) is -1.35. The maximum Gasteiger partial charge on any atom is 0.325 e. The molecule has 0 fully saturated rings. The number of benzene rings is 2. The summed E-state index contributed by atoms with van der Waals surface area (Å²) in [6, 6.07) is 13.1. The Bertz CT molecular complexity index is 920. The lowest BCUT2D eigenvalue weighted by Crippen LogP contribution is -2.34. The molecule has 1 aliphatic rings. The van der Waals surface area contributed by atoms with Crippen molar-refractivity contribution in [1.29, 1.82) is 0 Å². The monoisotopic (exact) mass is 394 g/mol. The van der Waals surface area contributed by atoms with Gasteiger partial charge < -0.3 is 15.4 Å². The number of ether oxygens (including phenoxy) is 1. The van der Waals surface area contributed by atoms with E-state index in [0.717, 1.165) is 30.0 Å². The van der Waals surface area contributed by atoms with Crippen molar-refractivity contribution < 1.29 is 19.1 Å². The number of hydrogen-bond donors (Lipinski definition) is 2. The zero-order valence-electron chi connectivity index (χ0n) is 16.4. The zero-order valence-corrected chi connectivity index (χ0v) is 16.4. The molecule has 2 aromatic rings. The van der Waals surface area contributed by atoms with Gasteiger partial charge in [0.2, 0.25) is 0 Å². The molecule has 2 aromatic carbocycles. The lowest BCUT2D eigenvalue weighted by atomic mass is 9.97. The lowest BCUT2D eigenvalue weighted by Gasteiger charge is -2.13. The Balaban J connectivity index is 1.34. The maximum absolute atomic E-state index is 12.2. The molecule has 29 heavy (non-hydrogen) atoms. The third-order valence-electron chi connectivity index (χ3n) is 4.92. The first-order valence-corrected chi connectivity index (χ1v) is 9.99. The van der Waals surface area contributed by atoms with Gasteiger partial charge in [0.1, 0.15) is 6.54 Å². The van der Waals surface area contributed by atoms with Crippen molar-refractivity contribution in [3.05, 3.63) is 59.7 Å². The van der Waals surface area contributed by atoms with Crippen LogP contribution in [0.5, 0.6) is 0 Å². The van der Waals surface area contributed by atoms with Crippen molar-refractivity contribution in [2.75, 3.05) is 19.7 Å². The van der Waals surface area contributed by atoms with E-state index in [1.807, 2.05) is 30.3 Å². The molecule has 0 aliphatic heterocycles. The number of nitrogens with one attached hydrogen (secondary N) is 2. The fourth-order valence-electron chi connectivity index (χ4n) is 3.33. The van der Waals surface area contributed by atoms with Crippen LogP contribution in [0.4, 0.5) is 0 Å². The minimum absolute atomic E-state index is 0.286. The number of amides is 2. The first kappa shape index (κ1) is 20.6. The van der Waals surface area contributed by atoms with Crippen molar-refractivity contribution in [3.63, 3.8) is 0 Å². The van der Waals surface area contributed by atoms with Gasteiger partial charge in [-0.25, -0.2) is 0 Å². The molecular weight excluding hydrogens is 368 g/mol. The van der Waals surface area contributed by atoms with E-state index in [0.29, 0.717) is 12.1 Å². The van der Waals surface area contributed by atoms with Gasteiger partial charge in [-0.05, 0) is 55.0 Å². The number of fused-ring (bicyclic) bond motifs is 1. The maximum atomic E-state index is 12.2. The van der Waals surface area contributed by atoms with Crippen LogP contribution in [0.1, 0.15) is 42.5 Å². The molecule has 6 heteroatoms. The number of allylic oxidation sites excluding steroid dienone is 1. The first-order valence-electron chi connectivity index (χ1n) is 9.99. The molecule has 152 valence electrons. The normalized spacial score (nSPS) is 13.4. The summed E-state index contributed by atoms with van der Waals surface area (Å²) < 4.78 is 4.92. The molecule has 0 atom stereocenters. The van der Waals surface area contributed by atoms with Crippen LogP contribution < -0.4 is 10.6 Å². The average molecular weight is 394 g/mol. The van der Waals surface area contributed by atoms with Crippen LogP contribution >= 0.6 is 0 Å². The molecule has 2 N–H and O–H groups in total. The van der Waals surface area contributed by atoms with Gasteiger partial charge in [0.25, 0.3) is 11.8 Å². The predicted molar refractivity (Wildman–Crippen MR) is 111 cm³/mol. The van der Waals surface area contributed by atoms with E-state index in [9.17, 15) is 14.4 Å². The molecule has 0 unspecified atom stereocenters. The number of hydrogen-bond acceptors (Lipinski definition) is 4. The second-order valence-electron chi connectivity index (χ2n) is 7.11. The molecule has 2 amide bonds. The van der Waals surface area contributed by atoms with Crippen molar-refractivity contribution in [2.45, 2.75) is 32.1 Å². The second kappa shape index (κ2) is 10.4. The lowest BCUT2D eigenvalue weighted by molar-refractivity contribution is -0.147. The predicted octanol–water partition coefficient (Wildman–Crippen LogP) is 3.12. The highest BCUT2D eigenvalue weighted by atomic mass is 16.5. The van der Waals surface area contributed by atoms with Crippen molar-refractivity contribution >= 4 is 28.6 Å². The number of rotatable bonds is 8. The third kappa shape index (κ3) is 6.45. The molecule has 0 heterocycles. The molecule has 1 aliphatic carbocycles. The molecule has 0 bridgehead atoms. The Morgan fingerprint density at radius 3 is 2.59 bits per heavy atom. The van der Waals surface area contributed by atoms with Crippen LogP contribution in [0.25, 0.3) is 10.8 Å². The van der Waals surface area contributed by atoms with Gasteiger partial charge in [-0.3, -0.25) is 14.4 Å². The van der Waals surface area contributed by atoms with Gasteiger partial charge in [-0.15, -0.1) is 0 Å². The van der Waals surface area contributed by atoms with Crippen LogP contribution in [0.2, 0.25) is 0 Å². The summed E-state index contributed by atoms with van der Waals surface area (Å²) in [6.45, 7) is -0.0868. The number of carbonyl (C=O) groups is 3. The Morgan fingerprint density at radius 2 is 1.79 bits per heavy atom. The summed E-state index contributed by atoms with van der Waals surface area (Å²) in [5, 5.41) is 7.25. The Hall–Kier alpha value is -3.15. The van der Waals surface area contributed by atoms with Gasteiger partial charge in [-0.1, -0.05) is 42.0 Å². The molecule has 0 radical (unpaired) electrons. The average Bonchev–Trinajstić information content (AvgIpc) is 2.76. The quantitative estimate of drug-likeness (QED) is 0.532. The summed E-state index contributed by atoms with van der Waals surface area (Å²) in [5.41, 5.74) is 1.84. The van der Waals surface area contributed by atoms with E-state index in [2.05, 4.69) is 16.7 Å². The molecule has 0 saturated heterocycles. The largest absolute Gasteiger partial charge is 0.454 e. The highest BCUT2D eigenvalue weighted by Gasteiger charge is 2.11. The topological polar surface area (TPSA) is 84.5 Å². The van der Waals surface area contributed by atoms with Crippen LogP contribution in [-0.4, -0.2) is 37.5 Å². The standard InChI is InChI=1S/C23H26N2O4/c26-21(24-13-12-17-6-2-1-3-7-17)16-29-22(27)15-25-23(28)20-11-10-18-8-4-5-9-19(18)14-20/h4-6,8-11,14H,1-3,7,12-13,15-16H2,(H,24,26)(H,25,28). The van der Waals surface area contributed by atoms with Crippen LogP contribution in [0.15, 0.2) is 54.1 Å². The summed E-state index contributed by atoms with van der Waals surface area (Å²) in [6.07, 6.45) is 7.74. The van der Waals surface area contributed by atoms with Gasteiger partial charge in [0.05, 0.1) is 0 Å². The number of carbonyl (C=O) groups excluding carboxylic acids is 3. The Labute approximate surface area is 170 Å². The smallest absolute Gasteiger partial charge is 0.325 e. The summed E-state index contributed by atoms with van der Waals surface area (Å²) >= 11 is 0. The van der Waals surface area contributed by atoms with Crippen molar-refractivity contribution in [1.82, 2.24) is 10.6 Å². The second-order valence-corrected chi connectivity index (χ2v) is 7.11. The van der Waals surface area contributed by atoms with Crippen LogP contribution in [0.3, 0.4) is 0 Å². The van der Waals surface area contributed by atoms with E-state index < -0.39 is 5.97 Å². The Kier molecular flexibility index (Phi) is 7.39.